The SMILES string of the molecule is NC(=O)[C@H](Cc1ccccc1)NC(=O)C1CCCN1. The number of nitrogens with one attached hydrogen (secondary N) is 2. The number of carbonyl (C=O) groups is 2. The Kier molecular flexibility index (Phi) is 4.52. The van der Waals surface area contributed by atoms with Crippen LogP contribution in [0.4, 0.5) is 0 Å². The van der Waals surface area contributed by atoms with Crippen LogP contribution in [-0.4, -0.2) is 30.4 Å². The van der Waals surface area contributed by atoms with Crippen molar-refractivity contribution in [2.75, 3.05) is 6.54 Å². The van der Waals surface area contributed by atoms with Gasteiger partial charge in [-0.3, -0.25) is 9.59 Å². The van der Waals surface area contributed by atoms with Gasteiger partial charge in [-0.15, -0.1) is 0 Å². The molecule has 0 bridgehead atoms. The molecular formula is C14H19N3O2. The Morgan fingerprint density at radius 1 is 1.37 bits per heavy atom. The zero-order valence-electron chi connectivity index (χ0n) is 10.8. The Morgan fingerprint density at radius 3 is 2.68 bits per heavy atom. The van der Waals surface area contributed by atoms with Gasteiger partial charge in [-0.05, 0) is 24.9 Å². The predicted octanol–water partition coefficient (Wildman–Crippen LogP) is -0.0488. The molecule has 0 aromatic heterocycles. The average Bonchev–Trinajstić information content (AvgIpc) is 2.93. The molecule has 1 aromatic rings. The topological polar surface area (TPSA) is 84.2 Å². The third-order valence-corrected chi connectivity index (χ3v) is 3.32. The molecule has 5 nitrogen and oxygen atoms in total. The van der Waals surface area contributed by atoms with Crippen LogP contribution in [0.15, 0.2) is 30.3 Å². The number of benzene rings is 1. The molecule has 2 rings (SSSR count). The molecule has 2 amide bonds. The van der Waals surface area contributed by atoms with Crippen molar-refractivity contribution in [2.45, 2.75) is 31.3 Å². The smallest absolute Gasteiger partial charge is 0.240 e. The molecule has 102 valence electrons. The van der Waals surface area contributed by atoms with E-state index in [0.29, 0.717) is 6.42 Å². The molecular weight excluding hydrogens is 242 g/mol. The van der Waals surface area contributed by atoms with Crippen molar-refractivity contribution < 1.29 is 9.59 Å². The van der Waals surface area contributed by atoms with Crippen LogP contribution < -0.4 is 16.4 Å². The van der Waals surface area contributed by atoms with Crippen molar-refractivity contribution >= 4 is 11.8 Å². The van der Waals surface area contributed by atoms with Crippen LogP contribution in [0.5, 0.6) is 0 Å². The quantitative estimate of drug-likeness (QED) is 0.695. The maximum Gasteiger partial charge on any atom is 0.240 e. The third-order valence-electron chi connectivity index (χ3n) is 3.32. The average molecular weight is 261 g/mol. The lowest BCUT2D eigenvalue weighted by Crippen LogP contribution is -2.51. The number of rotatable bonds is 5. The predicted molar refractivity (Wildman–Crippen MR) is 72.3 cm³/mol. The van der Waals surface area contributed by atoms with E-state index in [-0.39, 0.29) is 11.9 Å². The summed E-state index contributed by atoms with van der Waals surface area (Å²) in [6.45, 7) is 0.845. The van der Waals surface area contributed by atoms with Crippen molar-refractivity contribution in [1.82, 2.24) is 10.6 Å². The maximum atomic E-state index is 12.0. The molecule has 1 heterocycles. The van der Waals surface area contributed by atoms with Gasteiger partial charge in [-0.2, -0.15) is 0 Å². The van der Waals surface area contributed by atoms with Crippen molar-refractivity contribution in [1.29, 1.82) is 0 Å². The van der Waals surface area contributed by atoms with E-state index in [0.717, 1.165) is 24.9 Å². The van der Waals surface area contributed by atoms with Crippen LogP contribution in [0, 0.1) is 0 Å². The molecule has 1 unspecified atom stereocenters. The first kappa shape index (κ1) is 13.5. The highest BCUT2D eigenvalue weighted by molar-refractivity contribution is 5.89. The molecule has 1 aliphatic heterocycles. The molecule has 1 aliphatic rings. The molecule has 4 N–H and O–H groups in total. The lowest BCUT2D eigenvalue weighted by molar-refractivity contribution is -0.128. The van der Waals surface area contributed by atoms with Crippen molar-refractivity contribution in [2.24, 2.45) is 5.73 Å². The van der Waals surface area contributed by atoms with Crippen LogP contribution >= 0.6 is 0 Å². The fourth-order valence-corrected chi connectivity index (χ4v) is 2.25. The first-order chi connectivity index (χ1) is 9.16. The highest BCUT2D eigenvalue weighted by Crippen LogP contribution is 2.07. The molecule has 0 spiro atoms. The van der Waals surface area contributed by atoms with Gasteiger partial charge in [0.25, 0.3) is 0 Å². The van der Waals surface area contributed by atoms with E-state index in [4.69, 9.17) is 5.73 Å². The first-order valence-corrected chi connectivity index (χ1v) is 6.54. The summed E-state index contributed by atoms with van der Waals surface area (Å²) in [5.74, 6) is -0.646. The van der Waals surface area contributed by atoms with E-state index >= 15 is 0 Å². The van der Waals surface area contributed by atoms with Crippen LogP contribution in [0.1, 0.15) is 18.4 Å². The van der Waals surface area contributed by atoms with E-state index < -0.39 is 11.9 Å². The summed E-state index contributed by atoms with van der Waals surface area (Å²) < 4.78 is 0. The van der Waals surface area contributed by atoms with Crippen LogP contribution in [0.25, 0.3) is 0 Å². The van der Waals surface area contributed by atoms with Crippen molar-refractivity contribution in [3.63, 3.8) is 0 Å². The van der Waals surface area contributed by atoms with Gasteiger partial charge in [0.15, 0.2) is 0 Å². The summed E-state index contributed by atoms with van der Waals surface area (Å²) in [5.41, 5.74) is 6.34. The Morgan fingerprint density at radius 2 is 2.11 bits per heavy atom. The number of hydrogen-bond donors (Lipinski definition) is 3. The summed E-state index contributed by atoms with van der Waals surface area (Å²) in [4.78, 5) is 23.4. The highest BCUT2D eigenvalue weighted by Gasteiger charge is 2.26. The van der Waals surface area contributed by atoms with Crippen molar-refractivity contribution in [3.8, 4) is 0 Å². The number of carbonyl (C=O) groups excluding carboxylic acids is 2. The molecule has 0 radical (unpaired) electrons. The normalized spacial score (nSPS) is 19.9. The van der Waals surface area contributed by atoms with E-state index in [9.17, 15) is 9.59 Å². The second-order valence-corrected chi connectivity index (χ2v) is 4.80. The Bertz CT molecular complexity index is 441. The summed E-state index contributed by atoms with van der Waals surface area (Å²) in [6, 6.07) is 8.67. The molecule has 2 atom stereocenters. The molecule has 1 aromatic carbocycles. The fourth-order valence-electron chi connectivity index (χ4n) is 2.25. The zero-order valence-corrected chi connectivity index (χ0v) is 10.8. The minimum absolute atomic E-state index is 0.141. The van der Waals surface area contributed by atoms with E-state index in [1.807, 2.05) is 30.3 Å². The van der Waals surface area contributed by atoms with Gasteiger partial charge in [0.05, 0.1) is 6.04 Å². The summed E-state index contributed by atoms with van der Waals surface area (Å²) in [6.07, 6.45) is 2.22. The molecule has 0 aliphatic carbocycles. The molecule has 0 saturated carbocycles. The van der Waals surface area contributed by atoms with E-state index in [1.165, 1.54) is 0 Å². The first-order valence-electron chi connectivity index (χ1n) is 6.54. The standard InChI is InChI=1S/C14H19N3O2/c15-13(18)12(9-10-5-2-1-3-6-10)17-14(19)11-7-4-8-16-11/h1-3,5-6,11-12,16H,4,7-9H2,(H2,15,18)(H,17,19)/t11?,12-/m0/s1. The van der Waals surface area contributed by atoms with Gasteiger partial charge in [-0.25, -0.2) is 0 Å². The van der Waals surface area contributed by atoms with Gasteiger partial charge >= 0.3 is 0 Å². The summed E-state index contributed by atoms with van der Waals surface area (Å²) in [7, 11) is 0. The summed E-state index contributed by atoms with van der Waals surface area (Å²) >= 11 is 0. The molecule has 1 saturated heterocycles. The van der Waals surface area contributed by atoms with Gasteiger partial charge in [0.2, 0.25) is 11.8 Å². The minimum Gasteiger partial charge on any atom is -0.368 e. The van der Waals surface area contributed by atoms with Gasteiger partial charge in [0, 0.05) is 6.42 Å². The fraction of sp³-hybridized carbons (Fsp3) is 0.429. The Hall–Kier alpha value is -1.88. The molecule has 5 heteroatoms. The van der Waals surface area contributed by atoms with Crippen LogP contribution in [0.2, 0.25) is 0 Å². The minimum atomic E-state index is -0.655. The Balaban J connectivity index is 1.96. The highest BCUT2D eigenvalue weighted by atomic mass is 16.2. The van der Waals surface area contributed by atoms with Crippen LogP contribution in [-0.2, 0) is 16.0 Å². The molecule has 1 fully saturated rings. The maximum absolute atomic E-state index is 12.0. The zero-order chi connectivity index (χ0) is 13.7. The lowest BCUT2D eigenvalue weighted by atomic mass is 10.0. The second-order valence-electron chi connectivity index (χ2n) is 4.80. The van der Waals surface area contributed by atoms with E-state index in [2.05, 4.69) is 10.6 Å². The van der Waals surface area contributed by atoms with Gasteiger partial charge in [0.1, 0.15) is 6.04 Å². The number of amides is 2. The van der Waals surface area contributed by atoms with Gasteiger partial charge in [-0.1, -0.05) is 30.3 Å². The van der Waals surface area contributed by atoms with E-state index in [1.54, 1.807) is 0 Å². The monoisotopic (exact) mass is 261 g/mol. The molecule has 19 heavy (non-hydrogen) atoms. The van der Waals surface area contributed by atoms with Crippen molar-refractivity contribution in [3.05, 3.63) is 35.9 Å². The number of primary amides is 1. The number of nitrogens with two attached hydrogens (primary N) is 1. The number of hydrogen-bond acceptors (Lipinski definition) is 3. The largest absolute Gasteiger partial charge is 0.368 e. The second kappa shape index (κ2) is 6.33. The third kappa shape index (κ3) is 3.79. The Labute approximate surface area is 112 Å². The summed E-state index contributed by atoms with van der Waals surface area (Å²) in [5, 5.41) is 5.83. The van der Waals surface area contributed by atoms with Gasteiger partial charge < -0.3 is 16.4 Å². The lowest BCUT2D eigenvalue weighted by Gasteiger charge is -2.18. The van der Waals surface area contributed by atoms with Crippen LogP contribution in [0.3, 0.4) is 0 Å².